The maximum Gasteiger partial charge on any atom is 0.251 e. The molecular weight excluding hydrogens is 429 g/mol. The molecule has 0 fully saturated rings. The zero-order valence-electron chi connectivity index (χ0n) is 16.6. The largest absolute Gasteiger partial charge is 0.351 e. The summed E-state index contributed by atoms with van der Waals surface area (Å²) in [6.45, 7) is 0.417. The number of halogens is 2. The lowest BCUT2D eigenvalue weighted by molar-refractivity contribution is -0.114. The van der Waals surface area contributed by atoms with Gasteiger partial charge in [0.2, 0.25) is 0 Å². The third-order valence-corrected chi connectivity index (χ3v) is 4.92. The van der Waals surface area contributed by atoms with Gasteiger partial charge in [0.15, 0.2) is 0 Å². The van der Waals surface area contributed by atoms with Crippen LogP contribution in [0.15, 0.2) is 97.5 Å². The van der Waals surface area contributed by atoms with Crippen molar-refractivity contribution in [3.63, 3.8) is 0 Å². The van der Waals surface area contributed by atoms with E-state index in [-0.39, 0.29) is 18.3 Å². The van der Waals surface area contributed by atoms with Crippen LogP contribution in [-0.4, -0.2) is 15.9 Å². The number of aromatic amines is 1. The van der Waals surface area contributed by atoms with E-state index in [9.17, 15) is 4.79 Å². The first-order valence-corrected chi connectivity index (χ1v) is 9.95. The molecule has 1 N–H and O–H groups in total. The van der Waals surface area contributed by atoms with Crippen molar-refractivity contribution in [2.45, 2.75) is 6.54 Å². The van der Waals surface area contributed by atoms with Gasteiger partial charge >= 0.3 is 0 Å². The molecule has 0 unspecified atom stereocenters. The van der Waals surface area contributed by atoms with Gasteiger partial charge in [-0.3, -0.25) is 4.79 Å². The summed E-state index contributed by atoms with van der Waals surface area (Å²) < 4.78 is 0. The monoisotopic (exact) mass is 449 g/mol. The molecule has 0 saturated carbocycles. The zero-order chi connectivity index (χ0) is 20.8. The lowest BCUT2D eigenvalue weighted by Gasteiger charge is -2.22. The normalized spacial score (nSPS) is 10.6. The Morgan fingerprint density at radius 2 is 1.77 bits per heavy atom. The number of amides is 1. The molecule has 31 heavy (non-hydrogen) atoms. The number of imidazole rings is 1. The molecule has 0 bridgehead atoms. The van der Waals surface area contributed by atoms with Gasteiger partial charge in [0.05, 0.1) is 18.6 Å². The molecule has 3 aromatic carbocycles. The van der Waals surface area contributed by atoms with E-state index in [0.717, 1.165) is 28.1 Å². The van der Waals surface area contributed by atoms with E-state index in [0.29, 0.717) is 11.6 Å². The van der Waals surface area contributed by atoms with E-state index in [2.05, 4.69) is 9.97 Å². The fourth-order valence-electron chi connectivity index (χ4n) is 3.17. The Kier molecular flexibility index (Phi) is 7.65. The van der Waals surface area contributed by atoms with Crippen molar-refractivity contribution in [3.8, 4) is 11.3 Å². The molecule has 4 rings (SSSR count). The van der Waals surface area contributed by atoms with E-state index in [4.69, 9.17) is 11.6 Å². The van der Waals surface area contributed by atoms with Crippen LogP contribution >= 0.6 is 24.0 Å². The number of rotatable bonds is 6. The number of nitrogens with one attached hydrogen (secondary N) is 1. The SMILES string of the molecule is Cl.O=C(C=Cc1ccccc1)N(Cc1cccc(Cl)c1)c1ccc(-c2c[nH]cn2)cc1. The molecule has 1 amide bonds. The molecule has 0 saturated heterocycles. The minimum Gasteiger partial charge on any atom is -0.351 e. The van der Waals surface area contributed by atoms with Gasteiger partial charge in [0, 0.05) is 28.5 Å². The van der Waals surface area contributed by atoms with Crippen molar-refractivity contribution in [2.24, 2.45) is 0 Å². The van der Waals surface area contributed by atoms with Crippen LogP contribution in [0, 0.1) is 0 Å². The molecule has 0 aliphatic rings. The van der Waals surface area contributed by atoms with Crippen LogP contribution < -0.4 is 4.90 Å². The van der Waals surface area contributed by atoms with E-state index in [1.54, 1.807) is 17.3 Å². The molecule has 0 spiro atoms. The van der Waals surface area contributed by atoms with Crippen LogP contribution in [0.3, 0.4) is 0 Å². The number of H-pyrrole nitrogens is 1. The van der Waals surface area contributed by atoms with Crippen LogP contribution in [0.1, 0.15) is 11.1 Å². The lowest BCUT2D eigenvalue weighted by Crippen LogP contribution is -2.28. The number of benzene rings is 3. The van der Waals surface area contributed by atoms with Crippen LogP contribution in [0.25, 0.3) is 17.3 Å². The maximum atomic E-state index is 13.1. The average Bonchev–Trinajstić information content (AvgIpc) is 3.32. The highest BCUT2D eigenvalue weighted by Gasteiger charge is 2.15. The van der Waals surface area contributed by atoms with Gasteiger partial charge in [0.25, 0.3) is 5.91 Å². The molecule has 0 aliphatic heterocycles. The molecule has 6 heteroatoms. The van der Waals surface area contributed by atoms with Crippen molar-refractivity contribution in [2.75, 3.05) is 4.90 Å². The van der Waals surface area contributed by atoms with Crippen molar-refractivity contribution in [3.05, 3.63) is 114 Å². The summed E-state index contributed by atoms with van der Waals surface area (Å²) in [4.78, 5) is 22.1. The summed E-state index contributed by atoms with van der Waals surface area (Å²) in [7, 11) is 0. The quantitative estimate of drug-likeness (QED) is 0.346. The van der Waals surface area contributed by atoms with Crippen molar-refractivity contribution in [1.82, 2.24) is 9.97 Å². The summed E-state index contributed by atoms with van der Waals surface area (Å²) in [5.41, 5.74) is 4.58. The Hall–Kier alpha value is -3.34. The van der Waals surface area contributed by atoms with Crippen LogP contribution in [-0.2, 0) is 11.3 Å². The van der Waals surface area contributed by atoms with E-state index in [1.807, 2.05) is 91.1 Å². The number of carbonyl (C=O) groups excluding carboxylic acids is 1. The maximum absolute atomic E-state index is 13.1. The van der Waals surface area contributed by atoms with Gasteiger partial charge in [-0.2, -0.15) is 0 Å². The molecule has 4 nitrogen and oxygen atoms in total. The molecular formula is C25H21Cl2N3O. The van der Waals surface area contributed by atoms with Crippen molar-refractivity contribution in [1.29, 1.82) is 0 Å². The van der Waals surface area contributed by atoms with Gasteiger partial charge in [-0.05, 0) is 41.5 Å². The molecule has 0 aliphatic carbocycles. The molecule has 0 radical (unpaired) electrons. The summed E-state index contributed by atoms with van der Waals surface area (Å²) in [5.74, 6) is -0.105. The van der Waals surface area contributed by atoms with E-state index in [1.165, 1.54) is 0 Å². The topological polar surface area (TPSA) is 49.0 Å². The Morgan fingerprint density at radius 1 is 1.00 bits per heavy atom. The predicted octanol–water partition coefficient (Wildman–Crippen LogP) is 6.40. The summed E-state index contributed by atoms with van der Waals surface area (Å²) in [5, 5.41) is 0.647. The van der Waals surface area contributed by atoms with Crippen LogP contribution in [0.2, 0.25) is 5.02 Å². The molecule has 1 aromatic heterocycles. The van der Waals surface area contributed by atoms with Gasteiger partial charge < -0.3 is 9.88 Å². The highest BCUT2D eigenvalue weighted by atomic mass is 35.5. The first-order valence-electron chi connectivity index (χ1n) is 9.57. The van der Waals surface area contributed by atoms with Gasteiger partial charge in [-0.15, -0.1) is 12.4 Å². The number of nitrogens with zero attached hydrogens (tertiary/aromatic N) is 2. The van der Waals surface area contributed by atoms with E-state index < -0.39 is 0 Å². The minimum absolute atomic E-state index is 0. The minimum atomic E-state index is -0.105. The second-order valence-electron chi connectivity index (χ2n) is 6.80. The van der Waals surface area contributed by atoms with Gasteiger partial charge in [0.1, 0.15) is 0 Å². The first-order chi connectivity index (χ1) is 14.7. The standard InChI is InChI=1S/C25H20ClN3O.ClH/c26-22-8-4-7-20(15-22)17-29(25(30)14-9-19-5-2-1-3-6-19)23-12-10-21(11-13-23)24-16-27-18-28-24;/h1-16,18H,17H2,(H,27,28);1H. The third kappa shape index (κ3) is 5.85. The van der Waals surface area contributed by atoms with Gasteiger partial charge in [-0.25, -0.2) is 4.98 Å². The number of hydrogen-bond donors (Lipinski definition) is 1. The fourth-order valence-corrected chi connectivity index (χ4v) is 3.38. The second-order valence-corrected chi connectivity index (χ2v) is 7.24. The Labute approximate surface area is 192 Å². The zero-order valence-corrected chi connectivity index (χ0v) is 18.2. The molecule has 4 aromatic rings. The number of carbonyl (C=O) groups is 1. The summed E-state index contributed by atoms with van der Waals surface area (Å²) in [6.07, 6.45) is 6.91. The number of anilines is 1. The predicted molar refractivity (Wildman–Crippen MR) is 129 cm³/mol. The smallest absolute Gasteiger partial charge is 0.251 e. The highest BCUT2D eigenvalue weighted by Crippen LogP contribution is 2.24. The van der Waals surface area contributed by atoms with E-state index >= 15 is 0 Å². The number of hydrogen-bond acceptors (Lipinski definition) is 2. The molecule has 1 heterocycles. The average molecular weight is 450 g/mol. The summed E-state index contributed by atoms with van der Waals surface area (Å²) in [6, 6.07) is 25.1. The van der Waals surface area contributed by atoms with Crippen LogP contribution in [0.4, 0.5) is 5.69 Å². The number of aromatic nitrogens is 2. The van der Waals surface area contributed by atoms with Crippen LogP contribution in [0.5, 0.6) is 0 Å². The Morgan fingerprint density at radius 3 is 2.45 bits per heavy atom. The Balaban J connectivity index is 0.00000272. The first kappa shape index (κ1) is 22.3. The highest BCUT2D eigenvalue weighted by molar-refractivity contribution is 6.30. The van der Waals surface area contributed by atoms with Crippen molar-refractivity contribution >= 4 is 41.7 Å². The Bertz CT molecular complexity index is 1140. The third-order valence-electron chi connectivity index (χ3n) is 4.69. The summed E-state index contributed by atoms with van der Waals surface area (Å²) >= 11 is 6.15. The van der Waals surface area contributed by atoms with Crippen molar-refractivity contribution < 1.29 is 4.79 Å². The molecule has 0 atom stereocenters. The lowest BCUT2D eigenvalue weighted by atomic mass is 10.1. The second kappa shape index (κ2) is 10.6. The fraction of sp³-hybridized carbons (Fsp3) is 0.0400. The molecule has 156 valence electrons. The van der Waals surface area contributed by atoms with Gasteiger partial charge in [-0.1, -0.05) is 66.2 Å².